The summed E-state index contributed by atoms with van der Waals surface area (Å²) in [6.45, 7) is 5.51. The number of fused-ring (bicyclic) bond motifs is 1. The van der Waals surface area contributed by atoms with E-state index >= 15 is 0 Å². The highest BCUT2D eigenvalue weighted by molar-refractivity contribution is 5.93. The third-order valence-electron chi connectivity index (χ3n) is 10.3. The summed E-state index contributed by atoms with van der Waals surface area (Å²) in [5.74, 6) is -0.338. The number of benzene rings is 2. The lowest BCUT2D eigenvalue weighted by molar-refractivity contribution is -0.140. The SMILES string of the molecule is O=C(NCCc1ccccc1)N[C@@H](CC(=O)N1CCC(N2Cc3ccccc3NC2=O)CC1)C(=O)N1CCC(N2CCCCC2)CC1. The number of hydrogen-bond donors (Lipinski definition) is 3. The minimum absolute atomic E-state index is 0.0274. The number of piperidine rings is 3. The van der Waals surface area contributed by atoms with Crippen molar-refractivity contribution in [2.24, 2.45) is 0 Å². The number of urea groups is 2. The molecule has 11 heteroatoms. The van der Waals surface area contributed by atoms with Crippen molar-refractivity contribution in [1.82, 2.24) is 30.2 Å². The van der Waals surface area contributed by atoms with E-state index in [1.54, 1.807) is 4.90 Å². The minimum atomic E-state index is -0.937. The van der Waals surface area contributed by atoms with Crippen LogP contribution in [0.25, 0.3) is 0 Å². The Balaban J connectivity index is 1.04. The predicted molar refractivity (Wildman–Crippen MR) is 181 cm³/mol. The lowest BCUT2D eigenvalue weighted by atomic mass is 9.98. The average Bonchev–Trinajstić information content (AvgIpc) is 3.11. The van der Waals surface area contributed by atoms with Crippen LogP contribution in [0.4, 0.5) is 15.3 Å². The lowest BCUT2D eigenvalue weighted by Gasteiger charge is -2.41. The third kappa shape index (κ3) is 8.43. The zero-order valence-corrected chi connectivity index (χ0v) is 27.4. The first-order valence-corrected chi connectivity index (χ1v) is 17.5. The second kappa shape index (κ2) is 15.6. The number of likely N-dealkylation sites (tertiary alicyclic amines) is 3. The van der Waals surface area contributed by atoms with Gasteiger partial charge in [0.15, 0.2) is 0 Å². The van der Waals surface area contributed by atoms with Crippen LogP contribution in [0, 0.1) is 0 Å². The van der Waals surface area contributed by atoms with E-state index in [0.29, 0.717) is 64.6 Å². The minimum Gasteiger partial charge on any atom is -0.342 e. The average molecular weight is 644 g/mol. The van der Waals surface area contributed by atoms with Gasteiger partial charge in [-0.15, -0.1) is 0 Å². The van der Waals surface area contributed by atoms with Crippen LogP contribution in [0.5, 0.6) is 0 Å². The van der Waals surface area contributed by atoms with Crippen LogP contribution >= 0.6 is 0 Å². The van der Waals surface area contributed by atoms with Gasteiger partial charge in [0.2, 0.25) is 11.8 Å². The van der Waals surface area contributed by atoms with Crippen LogP contribution in [0.1, 0.15) is 62.5 Å². The van der Waals surface area contributed by atoms with Crippen molar-refractivity contribution in [1.29, 1.82) is 0 Å². The molecule has 2 aromatic carbocycles. The molecule has 6 amide bonds. The Morgan fingerprint density at radius 1 is 0.787 bits per heavy atom. The Morgan fingerprint density at radius 2 is 1.45 bits per heavy atom. The molecule has 0 unspecified atom stereocenters. The van der Waals surface area contributed by atoms with Crippen molar-refractivity contribution in [2.75, 3.05) is 51.1 Å². The number of carbonyl (C=O) groups is 4. The first-order chi connectivity index (χ1) is 22.9. The number of carbonyl (C=O) groups excluding carboxylic acids is 4. The van der Waals surface area contributed by atoms with Crippen LogP contribution in [0.3, 0.4) is 0 Å². The lowest BCUT2D eigenvalue weighted by Crippen LogP contribution is -2.56. The van der Waals surface area contributed by atoms with Crippen molar-refractivity contribution >= 4 is 29.6 Å². The smallest absolute Gasteiger partial charge is 0.322 e. The molecule has 3 N–H and O–H groups in total. The molecule has 0 saturated carbocycles. The summed E-state index contributed by atoms with van der Waals surface area (Å²) < 4.78 is 0. The van der Waals surface area contributed by atoms with Crippen LogP contribution in [-0.2, 0) is 22.6 Å². The van der Waals surface area contributed by atoms with Crippen LogP contribution < -0.4 is 16.0 Å². The Kier molecular flexibility index (Phi) is 10.9. The molecule has 0 spiro atoms. The molecule has 0 aliphatic carbocycles. The summed E-state index contributed by atoms with van der Waals surface area (Å²) in [7, 11) is 0. The fourth-order valence-electron chi connectivity index (χ4n) is 7.58. The molecule has 0 bridgehead atoms. The van der Waals surface area contributed by atoms with E-state index in [1.165, 1.54) is 19.3 Å². The molecule has 1 atom stereocenters. The highest BCUT2D eigenvalue weighted by atomic mass is 16.2. The molecule has 47 heavy (non-hydrogen) atoms. The van der Waals surface area contributed by atoms with Crippen molar-refractivity contribution in [2.45, 2.75) is 82.5 Å². The largest absolute Gasteiger partial charge is 0.342 e. The van der Waals surface area contributed by atoms with Gasteiger partial charge in [-0.1, -0.05) is 55.0 Å². The van der Waals surface area contributed by atoms with Gasteiger partial charge in [0, 0.05) is 57.0 Å². The Hall–Kier alpha value is -4.12. The predicted octanol–water partition coefficient (Wildman–Crippen LogP) is 3.80. The molecular weight excluding hydrogens is 594 g/mol. The van der Waals surface area contributed by atoms with E-state index in [9.17, 15) is 19.2 Å². The zero-order valence-electron chi connectivity index (χ0n) is 27.4. The summed E-state index contributed by atoms with van der Waals surface area (Å²) in [5.41, 5.74) is 3.05. The monoisotopic (exact) mass is 643 g/mol. The first-order valence-electron chi connectivity index (χ1n) is 17.5. The summed E-state index contributed by atoms with van der Waals surface area (Å²) in [5, 5.41) is 8.73. The summed E-state index contributed by atoms with van der Waals surface area (Å²) in [6, 6.07) is 16.8. The molecule has 11 nitrogen and oxygen atoms in total. The van der Waals surface area contributed by atoms with E-state index in [2.05, 4.69) is 20.9 Å². The van der Waals surface area contributed by atoms with Crippen LogP contribution in [-0.4, -0.2) is 107 Å². The van der Waals surface area contributed by atoms with Crippen molar-refractivity contribution < 1.29 is 19.2 Å². The summed E-state index contributed by atoms with van der Waals surface area (Å²) >= 11 is 0. The van der Waals surface area contributed by atoms with Gasteiger partial charge in [0.25, 0.3) is 0 Å². The third-order valence-corrected chi connectivity index (χ3v) is 10.3. The highest BCUT2D eigenvalue weighted by Gasteiger charge is 2.36. The van der Waals surface area contributed by atoms with Gasteiger partial charge in [0.1, 0.15) is 6.04 Å². The maximum atomic E-state index is 13.9. The highest BCUT2D eigenvalue weighted by Crippen LogP contribution is 2.28. The molecule has 4 aliphatic rings. The molecule has 3 fully saturated rings. The second-order valence-electron chi connectivity index (χ2n) is 13.4. The second-order valence-corrected chi connectivity index (χ2v) is 13.4. The van der Waals surface area contributed by atoms with Gasteiger partial charge in [-0.3, -0.25) is 9.59 Å². The fraction of sp³-hybridized carbons (Fsp3) is 0.556. The Labute approximate surface area is 278 Å². The van der Waals surface area contributed by atoms with Crippen molar-refractivity contribution in [3.8, 4) is 0 Å². The quantitative estimate of drug-likeness (QED) is 0.385. The van der Waals surface area contributed by atoms with Gasteiger partial charge < -0.3 is 35.6 Å². The molecule has 6 rings (SSSR count). The molecule has 4 aliphatic heterocycles. The molecule has 4 heterocycles. The number of para-hydroxylation sites is 1. The summed E-state index contributed by atoms with van der Waals surface area (Å²) in [6.07, 6.45) is 7.52. The number of rotatable bonds is 9. The van der Waals surface area contributed by atoms with Gasteiger partial charge in [-0.25, -0.2) is 9.59 Å². The number of nitrogens with zero attached hydrogens (tertiary/aromatic N) is 4. The van der Waals surface area contributed by atoms with Gasteiger partial charge in [-0.05, 0) is 75.2 Å². The van der Waals surface area contributed by atoms with Crippen LogP contribution in [0.2, 0.25) is 0 Å². The summed E-state index contributed by atoms with van der Waals surface area (Å²) in [4.78, 5) is 61.4. The molecular formula is C36H49N7O4. The molecule has 2 aromatic rings. The van der Waals surface area contributed by atoms with Gasteiger partial charge >= 0.3 is 12.1 Å². The number of hydrogen-bond acceptors (Lipinski definition) is 5. The number of amides is 6. The van der Waals surface area contributed by atoms with Gasteiger partial charge in [0.05, 0.1) is 6.42 Å². The normalized spacial score (nSPS) is 20.3. The molecule has 252 valence electrons. The number of anilines is 1. The maximum absolute atomic E-state index is 13.9. The van der Waals surface area contributed by atoms with E-state index in [4.69, 9.17) is 0 Å². The fourth-order valence-corrected chi connectivity index (χ4v) is 7.58. The van der Waals surface area contributed by atoms with Crippen molar-refractivity contribution in [3.63, 3.8) is 0 Å². The van der Waals surface area contributed by atoms with Crippen LogP contribution in [0.15, 0.2) is 54.6 Å². The topological polar surface area (TPSA) is 117 Å². The first kappa shape index (κ1) is 32.8. The standard InChI is InChI=1S/C36H49N7O4/c44-33(41-21-16-30(17-22-41)43-26-28-11-5-6-12-31(28)39-36(43)47)25-32(38-35(46)37-18-13-27-9-3-1-4-10-27)34(45)42-23-14-29(15-24-42)40-19-7-2-8-20-40/h1,3-6,9-12,29-30,32H,2,7-8,13-26H2,(H,39,47)(H2,37,38,46)/t32-/m0/s1. The van der Waals surface area contributed by atoms with Gasteiger partial charge in [-0.2, -0.15) is 0 Å². The zero-order chi connectivity index (χ0) is 32.6. The van der Waals surface area contributed by atoms with E-state index in [0.717, 1.165) is 42.7 Å². The number of nitrogens with one attached hydrogen (secondary N) is 3. The van der Waals surface area contributed by atoms with E-state index in [1.807, 2.05) is 64.4 Å². The molecule has 0 aromatic heterocycles. The maximum Gasteiger partial charge on any atom is 0.322 e. The Morgan fingerprint density at radius 3 is 2.19 bits per heavy atom. The molecule has 3 saturated heterocycles. The van der Waals surface area contributed by atoms with Crippen molar-refractivity contribution in [3.05, 3.63) is 65.7 Å². The van der Waals surface area contributed by atoms with E-state index < -0.39 is 12.1 Å². The Bertz CT molecular complexity index is 1380. The van der Waals surface area contributed by atoms with E-state index in [-0.39, 0.29) is 30.3 Å². The molecule has 0 radical (unpaired) electrons.